The third-order valence-corrected chi connectivity index (χ3v) is 8.77. The number of carbonyl (C=O) groups excluding carboxylic acids is 1. The Morgan fingerprint density at radius 1 is 1.12 bits per heavy atom. The fraction of sp³-hybridized carbons (Fsp3) is 0.536. The number of piperidine rings is 1. The number of likely N-dealkylation sites (tertiary alicyclic amines) is 1. The Bertz CT molecular complexity index is 1020. The van der Waals surface area contributed by atoms with Gasteiger partial charge in [0.15, 0.2) is 11.5 Å². The number of benzene rings is 2. The number of quaternary nitrogens is 1. The predicted octanol–water partition coefficient (Wildman–Crippen LogP) is 3.09. The number of fused-ring (bicyclic) bond motifs is 2. The molecule has 0 aromatic heterocycles. The summed E-state index contributed by atoms with van der Waals surface area (Å²) in [4.78, 5) is 16.6. The van der Waals surface area contributed by atoms with E-state index in [1.54, 1.807) is 7.11 Å². The molecule has 4 aliphatic rings. The first-order valence-corrected chi connectivity index (χ1v) is 12.7. The standard InChI is InChI=1S/C28H34N2O3/c1-32-25-9-5-8-22-26(25)33-15-13-28(22)18-29-17-23(28)27(31)30-14-12-21(16-24(30)20-10-11-20)19-6-3-2-4-7-19/h2-9,20-21,23-24,29H,10-18H2,1H3/p+1/t21?,23-,24?,28-/m0/s1. The molecular formula is C28H35N2O3+. The molecule has 5 nitrogen and oxygen atoms in total. The Morgan fingerprint density at radius 3 is 2.76 bits per heavy atom. The molecule has 174 valence electrons. The highest BCUT2D eigenvalue weighted by atomic mass is 16.5. The third kappa shape index (κ3) is 3.52. The Balaban J connectivity index is 1.29. The van der Waals surface area contributed by atoms with Gasteiger partial charge in [-0.05, 0) is 55.6 Å². The number of hydrogen-bond donors (Lipinski definition) is 1. The largest absolute Gasteiger partial charge is 0.493 e. The maximum Gasteiger partial charge on any atom is 0.232 e. The van der Waals surface area contributed by atoms with Crippen LogP contribution in [0.1, 0.15) is 49.1 Å². The molecule has 33 heavy (non-hydrogen) atoms. The van der Waals surface area contributed by atoms with E-state index in [-0.39, 0.29) is 11.3 Å². The summed E-state index contributed by atoms with van der Waals surface area (Å²) in [5, 5.41) is 2.35. The lowest BCUT2D eigenvalue weighted by molar-refractivity contribution is -0.640. The minimum atomic E-state index is -0.163. The molecule has 5 heteroatoms. The first-order chi connectivity index (χ1) is 16.2. The Morgan fingerprint density at radius 2 is 1.97 bits per heavy atom. The molecule has 3 aliphatic heterocycles. The molecule has 1 spiro atoms. The minimum Gasteiger partial charge on any atom is -0.493 e. The van der Waals surface area contributed by atoms with Crippen molar-refractivity contribution in [2.24, 2.45) is 11.8 Å². The molecule has 2 aromatic carbocycles. The maximum atomic E-state index is 14.3. The van der Waals surface area contributed by atoms with Crippen molar-refractivity contribution >= 4 is 5.91 Å². The molecule has 3 heterocycles. The summed E-state index contributed by atoms with van der Waals surface area (Å²) in [6.45, 7) is 3.34. The number of carbonyl (C=O) groups is 1. The summed E-state index contributed by atoms with van der Waals surface area (Å²) in [6.07, 6.45) is 5.61. The summed E-state index contributed by atoms with van der Waals surface area (Å²) in [5.74, 6) is 3.26. The lowest BCUT2D eigenvalue weighted by Gasteiger charge is -2.44. The van der Waals surface area contributed by atoms with E-state index in [1.807, 2.05) is 12.1 Å². The first kappa shape index (κ1) is 21.0. The van der Waals surface area contributed by atoms with Crippen LogP contribution in [-0.4, -0.2) is 50.2 Å². The number of rotatable bonds is 4. The van der Waals surface area contributed by atoms with Gasteiger partial charge in [-0.1, -0.05) is 42.5 Å². The van der Waals surface area contributed by atoms with Gasteiger partial charge in [0.05, 0.1) is 32.2 Å². The average Bonchev–Trinajstić information content (AvgIpc) is 3.64. The first-order valence-electron chi connectivity index (χ1n) is 12.7. The van der Waals surface area contributed by atoms with Crippen LogP contribution in [0.5, 0.6) is 11.5 Å². The zero-order chi connectivity index (χ0) is 22.4. The molecule has 4 atom stereocenters. The topological polar surface area (TPSA) is 55.4 Å². The lowest BCUT2D eigenvalue weighted by Crippen LogP contribution is -2.82. The highest BCUT2D eigenvalue weighted by molar-refractivity contribution is 5.82. The lowest BCUT2D eigenvalue weighted by atomic mass is 9.68. The van der Waals surface area contributed by atoms with E-state index in [4.69, 9.17) is 9.47 Å². The van der Waals surface area contributed by atoms with Crippen LogP contribution in [0.2, 0.25) is 0 Å². The van der Waals surface area contributed by atoms with Gasteiger partial charge in [-0.2, -0.15) is 0 Å². The van der Waals surface area contributed by atoms with Crippen LogP contribution in [-0.2, 0) is 10.2 Å². The van der Waals surface area contributed by atoms with Gasteiger partial charge in [0.2, 0.25) is 5.91 Å². The molecule has 1 amide bonds. The van der Waals surface area contributed by atoms with E-state index >= 15 is 0 Å². The molecule has 2 N–H and O–H groups in total. The van der Waals surface area contributed by atoms with Crippen LogP contribution in [0.4, 0.5) is 0 Å². The molecule has 2 saturated heterocycles. The number of ether oxygens (including phenoxy) is 2. The molecule has 0 radical (unpaired) electrons. The smallest absolute Gasteiger partial charge is 0.232 e. The van der Waals surface area contributed by atoms with Gasteiger partial charge in [-0.15, -0.1) is 0 Å². The number of nitrogens with two attached hydrogens (primary N) is 1. The molecule has 2 unspecified atom stereocenters. The number of para-hydroxylation sites is 1. The van der Waals surface area contributed by atoms with Crippen molar-refractivity contribution < 1.29 is 19.6 Å². The van der Waals surface area contributed by atoms with E-state index in [1.165, 1.54) is 24.0 Å². The maximum absolute atomic E-state index is 14.3. The number of methoxy groups -OCH3 is 1. The quantitative estimate of drug-likeness (QED) is 0.784. The van der Waals surface area contributed by atoms with Crippen LogP contribution < -0.4 is 14.8 Å². The normalized spacial score (nSPS) is 31.2. The van der Waals surface area contributed by atoms with Crippen LogP contribution in [0.25, 0.3) is 0 Å². The summed E-state index contributed by atoms with van der Waals surface area (Å²) < 4.78 is 11.7. The van der Waals surface area contributed by atoms with Crippen molar-refractivity contribution in [3.05, 3.63) is 59.7 Å². The molecule has 2 aromatic rings. The number of hydrogen-bond acceptors (Lipinski definition) is 3. The SMILES string of the molecule is COc1cccc2c1OCC[C@]21C[NH2+]C[C@H]1C(=O)N1CCC(c2ccccc2)CC1C1CC1. The number of amides is 1. The number of nitrogens with zero attached hydrogens (tertiary/aromatic N) is 1. The van der Waals surface area contributed by atoms with Crippen LogP contribution in [0, 0.1) is 11.8 Å². The highest BCUT2D eigenvalue weighted by Gasteiger charge is 2.56. The Labute approximate surface area is 196 Å². The predicted molar refractivity (Wildman–Crippen MR) is 127 cm³/mol. The molecule has 1 saturated carbocycles. The van der Waals surface area contributed by atoms with E-state index < -0.39 is 0 Å². The van der Waals surface area contributed by atoms with E-state index in [9.17, 15) is 4.79 Å². The van der Waals surface area contributed by atoms with Gasteiger partial charge < -0.3 is 19.7 Å². The van der Waals surface area contributed by atoms with Crippen molar-refractivity contribution in [3.8, 4) is 11.5 Å². The van der Waals surface area contributed by atoms with Gasteiger partial charge in [-0.3, -0.25) is 4.79 Å². The van der Waals surface area contributed by atoms with Gasteiger partial charge >= 0.3 is 0 Å². The summed E-state index contributed by atoms with van der Waals surface area (Å²) in [6, 6.07) is 17.5. The van der Waals surface area contributed by atoms with Crippen molar-refractivity contribution in [2.45, 2.75) is 49.5 Å². The highest BCUT2D eigenvalue weighted by Crippen LogP contribution is 2.50. The third-order valence-electron chi connectivity index (χ3n) is 8.77. The molecular weight excluding hydrogens is 412 g/mol. The second-order valence-corrected chi connectivity index (χ2v) is 10.4. The monoisotopic (exact) mass is 447 g/mol. The van der Waals surface area contributed by atoms with Crippen molar-refractivity contribution in [1.29, 1.82) is 0 Å². The van der Waals surface area contributed by atoms with Gasteiger partial charge in [0, 0.05) is 18.2 Å². The Kier molecular flexibility index (Phi) is 5.33. The van der Waals surface area contributed by atoms with Gasteiger partial charge in [-0.25, -0.2) is 0 Å². The fourth-order valence-electron chi connectivity index (χ4n) is 6.90. The van der Waals surface area contributed by atoms with Crippen LogP contribution >= 0.6 is 0 Å². The van der Waals surface area contributed by atoms with Gasteiger partial charge in [0.25, 0.3) is 0 Å². The summed E-state index contributed by atoms with van der Waals surface area (Å²) >= 11 is 0. The van der Waals surface area contributed by atoms with Gasteiger partial charge in [0.1, 0.15) is 5.92 Å². The zero-order valence-corrected chi connectivity index (χ0v) is 19.5. The summed E-state index contributed by atoms with van der Waals surface area (Å²) in [7, 11) is 1.70. The minimum absolute atomic E-state index is 0.00165. The van der Waals surface area contributed by atoms with Crippen molar-refractivity contribution in [2.75, 3.05) is 33.4 Å². The van der Waals surface area contributed by atoms with E-state index in [0.717, 1.165) is 50.4 Å². The summed E-state index contributed by atoms with van der Waals surface area (Å²) in [5.41, 5.74) is 2.44. The average molecular weight is 448 g/mol. The van der Waals surface area contributed by atoms with E-state index in [0.29, 0.717) is 30.4 Å². The van der Waals surface area contributed by atoms with E-state index in [2.05, 4.69) is 46.6 Å². The molecule has 6 rings (SSSR count). The fourth-order valence-corrected chi connectivity index (χ4v) is 6.90. The molecule has 1 aliphatic carbocycles. The van der Waals surface area contributed by atoms with Crippen LogP contribution in [0.15, 0.2) is 48.5 Å². The zero-order valence-electron chi connectivity index (χ0n) is 19.5. The molecule has 0 bridgehead atoms. The van der Waals surface area contributed by atoms with Crippen molar-refractivity contribution in [3.63, 3.8) is 0 Å². The molecule has 3 fully saturated rings. The van der Waals surface area contributed by atoms with Crippen LogP contribution in [0.3, 0.4) is 0 Å². The Hall–Kier alpha value is -2.53. The second-order valence-electron chi connectivity index (χ2n) is 10.4. The van der Waals surface area contributed by atoms with Crippen molar-refractivity contribution in [1.82, 2.24) is 4.90 Å². The second kappa shape index (κ2) is 8.35.